The number of rotatable bonds is 3. The SMILES string of the molecule is C=C(C)C(C(N)=S)c1ccccn1. The molecule has 0 aromatic carbocycles. The first kappa shape index (κ1) is 9.86. The first-order valence-electron chi connectivity index (χ1n) is 3.98. The van der Waals surface area contributed by atoms with Gasteiger partial charge >= 0.3 is 0 Å². The monoisotopic (exact) mass is 192 g/mol. The van der Waals surface area contributed by atoms with Gasteiger partial charge < -0.3 is 5.73 Å². The molecule has 1 heterocycles. The summed E-state index contributed by atoms with van der Waals surface area (Å²) in [6.45, 7) is 5.75. The molecular weight excluding hydrogens is 180 g/mol. The highest BCUT2D eigenvalue weighted by Gasteiger charge is 2.15. The minimum atomic E-state index is -0.101. The van der Waals surface area contributed by atoms with Crippen molar-refractivity contribution in [3.8, 4) is 0 Å². The highest BCUT2D eigenvalue weighted by molar-refractivity contribution is 7.80. The van der Waals surface area contributed by atoms with Crippen LogP contribution in [0.25, 0.3) is 0 Å². The molecule has 1 rings (SSSR count). The zero-order chi connectivity index (χ0) is 9.84. The van der Waals surface area contributed by atoms with Gasteiger partial charge in [-0.1, -0.05) is 30.4 Å². The van der Waals surface area contributed by atoms with Crippen molar-refractivity contribution in [1.29, 1.82) is 0 Å². The Morgan fingerprint density at radius 2 is 2.31 bits per heavy atom. The van der Waals surface area contributed by atoms with E-state index in [9.17, 15) is 0 Å². The quantitative estimate of drug-likeness (QED) is 0.588. The van der Waals surface area contributed by atoms with Crippen LogP contribution >= 0.6 is 12.2 Å². The maximum absolute atomic E-state index is 5.60. The van der Waals surface area contributed by atoms with E-state index in [4.69, 9.17) is 18.0 Å². The lowest BCUT2D eigenvalue weighted by Gasteiger charge is -2.14. The van der Waals surface area contributed by atoms with Crippen molar-refractivity contribution in [2.24, 2.45) is 5.73 Å². The Balaban J connectivity index is 3.03. The maximum atomic E-state index is 5.60. The van der Waals surface area contributed by atoms with Gasteiger partial charge in [0.2, 0.25) is 0 Å². The third kappa shape index (κ3) is 2.36. The first-order valence-corrected chi connectivity index (χ1v) is 4.39. The third-order valence-electron chi connectivity index (χ3n) is 1.76. The third-order valence-corrected chi connectivity index (χ3v) is 2.00. The van der Waals surface area contributed by atoms with Gasteiger partial charge in [-0.2, -0.15) is 0 Å². The fourth-order valence-corrected chi connectivity index (χ4v) is 1.51. The minimum Gasteiger partial charge on any atom is -0.392 e. The molecule has 3 heteroatoms. The average Bonchev–Trinajstić information content (AvgIpc) is 2.04. The van der Waals surface area contributed by atoms with Gasteiger partial charge in [0.25, 0.3) is 0 Å². The van der Waals surface area contributed by atoms with E-state index < -0.39 is 0 Å². The van der Waals surface area contributed by atoms with Crippen LogP contribution in [0.2, 0.25) is 0 Å². The van der Waals surface area contributed by atoms with E-state index in [1.807, 2.05) is 25.1 Å². The normalized spacial score (nSPS) is 12.1. The molecule has 1 aromatic heterocycles. The molecule has 1 unspecified atom stereocenters. The number of pyridine rings is 1. The number of nitrogens with zero attached hydrogens (tertiary/aromatic N) is 1. The molecule has 0 aliphatic rings. The second-order valence-corrected chi connectivity index (χ2v) is 3.41. The van der Waals surface area contributed by atoms with Gasteiger partial charge in [-0.25, -0.2) is 0 Å². The van der Waals surface area contributed by atoms with E-state index >= 15 is 0 Å². The average molecular weight is 192 g/mol. The van der Waals surface area contributed by atoms with Crippen LogP contribution in [0.5, 0.6) is 0 Å². The Labute approximate surface area is 83.5 Å². The standard InChI is InChI=1S/C10H12N2S/c1-7(2)9(10(11)13)8-5-3-4-6-12-8/h3-6,9H,1H2,2H3,(H2,11,13). The van der Waals surface area contributed by atoms with E-state index in [1.165, 1.54) is 0 Å². The lowest BCUT2D eigenvalue weighted by molar-refractivity contribution is 0.978. The second kappa shape index (κ2) is 4.14. The maximum Gasteiger partial charge on any atom is 0.0860 e. The molecule has 0 radical (unpaired) electrons. The summed E-state index contributed by atoms with van der Waals surface area (Å²) < 4.78 is 0. The number of aromatic nitrogens is 1. The van der Waals surface area contributed by atoms with Crippen molar-refractivity contribution in [2.75, 3.05) is 0 Å². The van der Waals surface area contributed by atoms with Crippen LogP contribution in [0, 0.1) is 0 Å². The van der Waals surface area contributed by atoms with E-state index in [2.05, 4.69) is 11.6 Å². The summed E-state index contributed by atoms with van der Waals surface area (Å²) in [5.41, 5.74) is 7.39. The molecule has 2 nitrogen and oxygen atoms in total. The lowest BCUT2D eigenvalue weighted by Crippen LogP contribution is -2.20. The molecule has 0 spiro atoms. The van der Waals surface area contributed by atoms with Gasteiger partial charge in [-0.15, -0.1) is 0 Å². The van der Waals surface area contributed by atoms with Crippen LogP contribution in [0.15, 0.2) is 36.5 Å². The largest absolute Gasteiger partial charge is 0.392 e. The van der Waals surface area contributed by atoms with E-state index in [0.717, 1.165) is 11.3 Å². The number of thiocarbonyl (C=S) groups is 1. The van der Waals surface area contributed by atoms with Crippen molar-refractivity contribution < 1.29 is 0 Å². The Hall–Kier alpha value is -1.22. The summed E-state index contributed by atoms with van der Waals surface area (Å²) in [6.07, 6.45) is 1.73. The fraction of sp³-hybridized carbons (Fsp3) is 0.200. The van der Waals surface area contributed by atoms with Crippen molar-refractivity contribution in [1.82, 2.24) is 4.98 Å². The molecule has 0 aliphatic heterocycles. The zero-order valence-corrected chi connectivity index (χ0v) is 8.34. The Morgan fingerprint density at radius 3 is 2.69 bits per heavy atom. The molecule has 2 N–H and O–H groups in total. The van der Waals surface area contributed by atoms with Gasteiger partial charge in [0.05, 0.1) is 16.6 Å². The van der Waals surface area contributed by atoms with E-state index in [1.54, 1.807) is 6.20 Å². The summed E-state index contributed by atoms with van der Waals surface area (Å²) in [5, 5.41) is 0. The van der Waals surface area contributed by atoms with Gasteiger partial charge in [-0.3, -0.25) is 4.98 Å². The van der Waals surface area contributed by atoms with Crippen molar-refractivity contribution >= 4 is 17.2 Å². The van der Waals surface area contributed by atoms with Gasteiger partial charge in [0, 0.05) is 6.20 Å². The molecule has 0 saturated carbocycles. The van der Waals surface area contributed by atoms with Crippen LogP contribution in [0.4, 0.5) is 0 Å². The summed E-state index contributed by atoms with van der Waals surface area (Å²) >= 11 is 4.95. The predicted molar refractivity (Wildman–Crippen MR) is 58.6 cm³/mol. The van der Waals surface area contributed by atoms with Crippen LogP contribution < -0.4 is 5.73 Å². The molecule has 13 heavy (non-hydrogen) atoms. The summed E-state index contributed by atoms with van der Waals surface area (Å²) in [7, 11) is 0. The predicted octanol–water partition coefficient (Wildman–Crippen LogP) is 2.03. The molecule has 1 atom stereocenters. The zero-order valence-electron chi connectivity index (χ0n) is 7.53. The molecule has 0 amide bonds. The van der Waals surface area contributed by atoms with Gasteiger partial charge in [-0.05, 0) is 19.1 Å². The smallest absolute Gasteiger partial charge is 0.0860 e. The van der Waals surface area contributed by atoms with E-state index in [-0.39, 0.29) is 5.92 Å². The summed E-state index contributed by atoms with van der Waals surface area (Å²) in [4.78, 5) is 4.62. The highest BCUT2D eigenvalue weighted by atomic mass is 32.1. The summed E-state index contributed by atoms with van der Waals surface area (Å²) in [6, 6.07) is 5.67. The van der Waals surface area contributed by atoms with Crippen molar-refractivity contribution in [2.45, 2.75) is 12.8 Å². The summed E-state index contributed by atoms with van der Waals surface area (Å²) in [5.74, 6) is -0.101. The van der Waals surface area contributed by atoms with Crippen LogP contribution in [0.1, 0.15) is 18.5 Å². The van der Waals surface area contributed by atoms with E-state index in [0.29, 0.717) is 4.99 Å². The Kier molecular flexibility index (Phi) is 3.14. The molecule has 0 aliphatic carbocycles. The first-order chi connectivity index (χ1) is 6.13. The van der Waals surface area contributed by atoms with Crippen molar-refractivity contribution in [3.63, 3.8) is 0 Å². The minimum absolute atomic E-state index is 0.101. The molecular formula is C10H12N2S. The molecule has 0 saturated heterocycles. The Bertz CT molecular complexity index is 305. The van der Waals surface area contributed by atoms with Gasteiger partial charge in [0.15, 0.2) is 0 Å². The Morgan fingerprint density at radius 1 is 1.62 bits per heavy atom. The highest BCUT2D eigenvalue weighted by Crippen LogP contribution is 2.20. The molecule has 0 fully saturated rings. The van der Waals surface area contributed by atoms with Crippen LogP contribution in [-0.4, -0.2) is 9.97 Å². The lowest BCUT2D eigenvalue weighted by atomic mass is 9.98. The number of hydrogen-bond donors (Lipinski definition) is 1. The van der Waals surface area contributed by atoms with Crippen LogP contribution in [0.3, 0.4) is 0 Å². The van der Waals surface area contributed by atoms with Crippen LogP contribution in [-0.2, 0) is 0 Å². The number of hydrogen-bond acceptors (Lipinski definition) is 2. The van der Waals surface area contributed by atoms with Gasteiger partial charge in [0.1, 0.15) is 0 Å². The molecule has 0 bridgehead atoms. The second-order valence-electron chi connectivity index (χ2n) is 2.94. The van der Waals surface area contributed by atoms with Crippen molar-refractivity contribution in [3.05, 3.63) is 42.2 Å². The number of nitrogens with two attached hydrogens (primary N) is 1. The topological polar surface area (TPSA) is 38.9 Å². The molecule has 1 aromatic rings. The molecule has 68 valence electrons. The fourth-order valence-electron chi connectivity index (χ4n) is 1.19.